The third kappa shape index (κ3) is 6.06. The van der Waals surface area contributed by atoms with Crippen molar-refractivity contribution in [2.45, 2.75) is 25.5 Å². The maximum absolute atomic E-state index is 11.5. The van der Waals surface area contributed by atoms with Crippen molar-refractivity contribution < 1.29 is 24.0 Å². The summed E-state index contributed by atoms with van der Waals surface area (Å²) in [4.78, 5) is 32.8. The van der Waals surface area contributed by atoms with Crippen molar-refractivity contribution in [2.75, 3.05) is 7.11 Å². The lowest BCUT2D eigenvalue weighted by molar-refractivity contribution is -0.385. The molecule has 0 aromatic heterocycles. The van der Waals surface area contributed by atoms with Crippen molar-refractivity contribution in [1.29, 1.82) is 0 Å². The van der Waals surface area contributed by atoms with E-state index < -0.39 is 22.9 Å². The van der Waals surface area contributed by atoms with Gasteiger partial charge in [0.05, 0.1) is 17.6 Å². The molecule has 0 amide bonds. The quantitative estimate of drug-likeness (QED) is 0.454. The smallest absolute Gasteiger partial charge is 0.322 e. The van der Waals surface area contributed by atoms with Gasteiger partial charge in [-0.15, -0.1) is 12.4 Å². The van der Waals surface area contributed by atoms with Crippen LogP contribution in [0, 0.1) is 10.1 Å². The molecule has 0 bridgehead atoms. The molecule has 0 saturated heterocycles. The van der Waals surface area contributed by atoms with Gasteiger partial charge in [0.15, 0.2) is 0 Å². The topological polar surface area (TPSA) is 122 Å². The Bertz CT molecular complexity index is 537. The Morgan fingerprint density at radius 2 is 2.00 bits per heavy atom. The third-order valence-corrected chi connectivity index (χ3v) is 2.74. The van der Waals surface area contributed by atoms with E-state index in [4.69, 9.17) is 10.5 Å². The highest BCUT2D eigenvalue weighted by molar-refractivity contribution is 5.85. The fourth-order valence-corrected chi connectivity index (χ4v) is 1.58. The molecule has 1 aromatic carbocycles. The Labute approximate surface area is 133 Å². The first kappa shape index (κ1) is 19.8. The van der Waals surface area contributed by atoms with Crippen LogP contribution in [0.15, 0.2) is 24.3 Å². The first-order chi connectivity index (χ1) is 9.95. The van der Waals surface area contributed by atoms with Gasteiger partial charge >= 0.3 is 11.9 Å². The summed E-state index contributed by atoms with van der Waals surface area (Å²) in [6.45, 7) is -0.205. The molecular formula is C13H17ClN2O6. The summed E-state index contributed by atoms with van der Waals surface area (Å²) in [5.74, 6) is -1.20. The monoisotopic (exact) mass is 332 g/mol. The van der Waals surface area contributed by atoms with Gasteiger partial charge in [-0.25, -0.2) is 0 Å². The van der Waals surface area contributed by atoms with E-state index in [1.807, 2.05) is 0 Å². The maximum Gasteiger partial charge on any atom is 0.322 e. The number of carbonyl (C=O) groups is 2. The number of carbonyl (C=O) groups excluding carboxylic acids is 2. The van der Waals surface area contributed by atoms with Gasteiger partial charge in [0, 0.05) is 12.5 Å². The van der Waals surface area contributed by atoms with Crippen molar-refractivity contribution in [3.8, 4) is 0 Å². The normalized spacial score (nSPS) is 11.0. The average Bonchev–Trinajstić information content (AvgIpc) is 2.49. The predicted molar refractivity (Wildman–Crippen MR) is 79.4 cm³/mol. The number of nitro groups is 1. The molecule has 0 heterocycles. The molecule has 1 rings (SSSR count). The second-order valence-corrected chi connectivity index (χ2v) is 4.21. The number of halogens is 1. The summed E-state index contributed by atoms with van der Waals surface area (Å²) >= 11 is 0. The second-order valence-electron chi connectivity index (χ2n) is 4.21. The Kier molecular flexibility index (Phi) is 8.73. The fourth-order valence-electron chi connectivity index (χ4n) is 1.58. The summed E-state index contributed by atoms with van der Waals surface area (Å²) in [7, 11) is 1.20. The third-order valence-electron chi connectivity index (χ3n) is 2.74. The number of hydrogen-bond acceptors (Lipinski definition) is 7. The van der Waals surface area contributed by atoms with Gasteiger partial charge in [-0.1, -0.05) is 12.1 Å². The molecule has 0 aliphatic rings. The number of hydrogen-bond donors (Lipinski definition) is 1. The van der Waals surface area contributed by atoms with Gasteiger partial charge in [0.2, 0.25) is 0 Å². The van der Waals surface area contributed by atoms with Gasteiger partial charge in [-0.2, -0.15) is 0 Å². The maximum atomic E-state index is 11.5. The molecule has 0 unspecified atom stereocenters. The highest BCUT2D eigenvalue weighted by Crippen LogP contribution is 2.18. The van der Waals surface area contributed by atoms with Gasteiger partial charge in [0.1, 0.15) is 12.6 Å². The van der Waals surface area contributed by atoms with E-state index in [1.165, 1.54) is 25.3 Å². The van der Waals surface area contributed by atoms with Gasteiger partial charge in [-0.3, -0.25) is 19.7 Å². The average molecular weight is 333 g/mol. The van der Waals surface area contributed by atoms with E-state index in [0.29, 0.717) is 5.56 Å². The zero-order valence-corrected chi connectivity index (χ0v) is 12.7. The van der Waals surface area contributed by atoms with Gasteiger partial charge in [0.25, 0.3) is 5.69 Å². The molecule has 0 aliphatic carbocycles. The van der Waals surface area contributed by atoms with E-state index in [1.54, 1.807) is 6.07 Å². The van der Waals surface area contributed by atoms with Crippen molar-refractivity contribution >= 4 is 30.0 Å². The van der Waals surface area contributed by atoms with E-state index in [0.717, 1.165) is 0 Å². The van der Waals surface area contributed by atoms with Crippen LogP contribution in [-0.2, 0) is 25.7 Å². The molecule has 1 atom stereocenters. The minimum Gasteiger partial charge on any atom is -0.468 e. The minimum absolute atomic E-state index is 0. The number of rotatable bonds is 7. The van der Waals surface area contributed by atoms with Crippen molar-refractivity contribution in [2.24, 2.45) is 5.73 Å². The highest BCUT2D eigenvalue weighted by Gasteiger charge is 2.17. The number of methoxy groups -OCH3 is 1. The second kappa shape index (κ2) is 9.69. The number of ether oxygens (including phenoxy) is 2. The molecule has 8 nitrogen and oxygen atoms in total. The first-order valence-electron chi connectivity index (χ1n) is 6.17. The van der Waals surface area contributed by atoms with Crippen LogP contribution in [-0.4, -0.2) is 30.0 Å². The molecule has 0 aliphatic heterocycles. The minimum atomic E-state index is -0.895. The number of benzene rings is 1. The molecule has 0 fully saturated rings. The predicted octanol–water partition coefficient (Wildman–Crippen LogP) is 1.34. The molecule has 9 heteroatoms. The van der Waals surface area contributed by atoms with Crippen LogP contribution in [0.1, 0.15) is 18.4 Å². The Hall–Kier alpha value is -2.19. The summed E-state index contributed by atoms with van der Waals surface area (Å²) in [6.07, 6.45) is 0.0132. The van der Waals surface area contributed by atoms with Crippen LogP contribution in [0.3, 0.4) is 0 Å². The first-order valence-corrected chi connectivity index (χ1v) is 6.17. The molecule has 0 spiro atoms. The zero-order chi connectivity index (χ0) is 15.8. The molecule has 2 N–H and O–H groups in total. The van der Waals surface area contributed by atoms with Crippen LogP contribution in [0.4, 0.5) is 5.69 Å². The van der Waals surface area contributed by atoms with Crippen molar-refractivity contribution in [3.63, 3.8) is 0 Å². The number of nitrogens with zero attached hydrogens (tertiary/aromatic N) is 1. The van der Waals surface area contributed by atoms with Crippen LogP contribution in [0.2, 0.25) is 0 Å². The van der Waals surface area contributed by atoms with Crippen molar-refractivity contribution in [1.82, 2.24) is 0 Å². The molecular weight excluding hydrogens is 316 g/mol. The van der Waals surface area contributed by atoms with Gasteiger partial charge < -0.3 is 15.2 Å². The number of para-hydroxylation sites is 1. The van der Waals surface area contributed by atoms with E-state index in [9.17, 15) is 19.7 Å². The summed E-state index contributed by atoms with van der Waals surface area (Å²) in [5, 5.41) is 10.8. The summed E-state index contributed by atoms with van der Waals surface area (Å²) < 4.78 is 9.36. The van der Waals surface area contributed by atoms with E-state index in [2.05, 4.69) is 4.74 Å². The van der Waals surface area contributed by atoms with E-state index >= 15 is 0 Å². The Morgan fingerprint density at radius 3 is 2.59 bits per heavy atom. The lowest BCUT2D eigenvalue weighted by Crippen LogP contribution is -2.32. The molecule has 0 radical (unpaired) electrons. The number of esters is 2. The molecule has 1 aromatic rings. The van der Waals surface area contributed by atoms with Crippen LogP contribution in [0.5, 0.6) is 0 Å². The Morgan fingerprint density at radius 1 is 1.36 bits per heavy atom. The van der Waals surface area contributed by atoms with Crippen LogP contribution < -0.4 is 5.73 Å². The summed E-state index contributed by atoms with van der Waals surface area (Å²) in [5.41, 5.74) is 5.66. The van der Waals surface area contributed by atoms with Gasteiger partial charge in [-0.05, 0) is 12.5 Å². The van der Waals surface area contributed by atoms with Crippen LogP contribution in [0.25, 0.3) is 0 Å². The fraction of sp³-hybridized carbons (Fsp3) is 0.385. The Balaban J connectivity index is 0.00000441. The lowest BCUT2D eigenvalue weighted by Gasteiger charge is -2.09. The highest BCUT2D eigenvalue weighted by atomic mass is 35.5. The van der Waals surface area contributed by atoms with Crippen LogP contribution >= 0.6 is 12.4 Å². The largest absolute Gasteiger partial charge is 0.468 e. The molecule has 22 heavy (non-hydrogen) atoms. The van der Waals surface area contributed by atoms with E-state index in [-0.39, 0.29) is 37.5 Å². The standard InChI is InChI=1S/C13H16N2O6.ClH/c1-20-13(17)10(14)6-7-12(16)21-8-9-4-2-3-5-11(9)15(18)19;/h2-5,10H,6-8,14H2,1H3;1H/t10-;/m0./s1. The number of nitrogens with two attached hydrogens (primary N) is 1. The zero-order valence-electron chi connectivity index (χ0n) is 11.9. The lowest BCUT2D eigenvalue weighted by atomic mass is 10.1. The number of nitro benzene ring substituents is 1. The molecule has 122 valence electrons. The van der Waals surface area contributed by atoms with Crippen molar-refractivity contribution in [3.05, 3.63) is 39.9 Å². The molecule has 0 saturated carbocycles. The SMILES string of the molecule is COC(=O)[C@@H](N)CCC(=O)OCc1ccccc1[N+](=O)[O-].Cl. The summed E-state index contributed by atoms with van der Waals surface area (Å²) in [6, 6.07) is 5.08.